The van der Waals surface area contributed by atoms with Gasteiger partial charge in [0, 0.05) is 24.6 Å². The van der Waals surface area contributed by atoms with Crippen LogP contribution in [0.4, 0.5) is 11.4 Å². The summed E-state index contributed by atoms with van der Waals surface area (Å²) in [5.74, 6) is 3.41. The van der Waals surface area contributed by atoms with Crippen LogP contribution in [0.1, 0.15) is 0 Å². The van der Waals surface area contributed by atoms with Gasteiger partial charge in [-0.2, -0.15) is 11.8 Å². The molecule has 1 unspecified atom stereocenters. The first-order valence-corrected chi connectivity index (χ1v) is 6.81. The van der Waals surface area contributed by atoms with E-state index in [1.807, 2.05) is 6.07 Å². The lowest BCUT2D eigenvalue weighted by molar-refractivity contribution is 0.415. The second-order valence-electron chi connectivity index (χ2n) is 4.16. The summed E-state index contributed by atoms with van der Waals surface area (Å²) in [5.41, 5.74) is 2.46. The average Bonchev–Trinajstić information content (AvgIpc) is 2.37. The number of nitrogens with one attached hydrogen (secondary N) is 1. The Hall–Kier alpha value is -1.03. The van der Waals surface area contributed by atoms with Crippen molar-refractivity contribution < 1.29 is 4.74 Å². The predicted molar refractivity (Wildman–Crippen MR) is 69.9 cm³/mol. The molecule has 0 aromatic heterocycles. The molecule has 0 saturated carbocycles. The fraction of sp³-hybridized carbons (Fsp3) is 0.500. The van der Waals surface area contributed by atoms with Crippen LogP contribution in [-0.2, 0) is 0 Å². The minimum Gasteiger partial charge on any atom is -0.495 e. The lowest BCUT2D eigenvalue weighted by Gasteiger charge is -2.42. The highest BCUT2D eigenvalue weighted by molar-refractivity contribution is 7.99. The number of hydrogen-bond donors (Lipinski definition) is 1. The minimum absolute atomic E-state index is 0.637. The molecule has 1 atom stereocenters. The van der Waals surface area contributed by atoms with E-state index in [1.165, 1.54) is 17.2 Å². The Kier molecular flexibility index (Phi) is 2.59. The van der Waals surface area contributed by atoms with Gasteiger partial charge in [-0.3, -0.25) is 0 Å². The first kappa shape index (κ1) is 10.1. The van der Waals surface area contributed by atoms with Crippen LogP contribution in [0, 0.1) is 0 Å². The van der Waals surface area contributed by atoms with Crippen LogP contribution in [0.5, 0.6) is 5.75 Å². The number of nitrogens with zero attached hydrogens (tertiary/aromatic N) is 1. The number of ether oxygens (including phenoxy) is 1. The second-order valence-corrected chi connectivity index (χ2v) is 5.31. The van der Waals surface area contributed by atoms with Crippen molar-refractivity contribution in [3.63, 3.8) is 0 Å². The molecule has 0 radical (unpaired) electrons. The van der Waals surface area contributed by atoms with Gasteiger partial charge >= 0.3 is 0 Å². The normalized spacial score (nSPS) is 23.1. The van der Waals surface area contributed by atoms with E-state index in [-0.39, 0.29) is 0 Å². The summed E-state index contributed by atoms with van der Waals surface area (Å²) in [5, 5.41) is 3.50. The van der Waals surface area contributed by atoms with E-state index in [4.69, 9.17) is 4.74 Å². The van der Waals surface area contributed by atoms with Crippen LogP contribution in [0.3, 0.4) is 0 Å². The van der Waals surface area contributed by atoms with Crippen LogP contribution >= 0.6 is 11.8 Å². The molecule has 16 heavy (non-hydrogen) atoms. The summed E-state index contributed by atoms with van der Waals surface area (Å²) >= 11 is 2.05. The number of anilines is 2. The first-order valence-electron chi connectivity index (χ1n) is 5.65. The van der Waals surface area contributed by atoms with Gasteiger partial charge in [-0.1, -0.05) is 6.07 Å². The van der Waals surface area contributed by atoms with Gasteiger partial charge in [-0.05, 0) is 12.1 Å². The Bertz CT molecular complexity index is 397. The van der Waals surface area contributed by atoms with E-state index in [0.717, 1.165) is 24.5 Å². The minimum atomic E-state index is 0.637. The van der Waals surface area contributed by atoms with Crippen molar-refractivity contribution in [1.82, 2.24) is 0 Å². The number of para-hydroxylation sites is 1. The SMILES string of the molecule is COc1cccc2c1NCC1CSCCN21. The fourth-order valence-electron chi connectivity index (χ4n) is 2.47. The third-order valence-corrected chi connectivity index (χ3v) is 4.37. The molecule has 0 aliphatic carbocycles. The van der Waals surface area contributed by atoms with Crippen LogP contribution in [-0.4, -0.2) is 37.7 Å². The highest BCUT2D eigenvalue weighted by Crippen LogP contribution is 2.40. The molecular weight excluding hydrogens is 220 g/mol. The molecule has 1 fully saturated rings. The van der Waals surface area contributed by atoms with Crippen molar-refractivity contribution >= 4 is 23.1 Å². The predicted octanol–water partition coefficient (Wildman–Crippen LogP) is 2.04. The zero-order valence-electron chi connectivity index (χ0n) is 9.40. The van der Waals surface area contributed by atoms with E-state index >= 15 is 0 Å². The molecule has 2 aliphatic rings. The molecule has 1 saturated heterocycles. The summed E-state index contributed by atoms with van der Waals surface area (Å²) < 4.78 is 5.40. The molecule has 1 N–H and O–H groups in total. The monoisotopic (exact) mass is 236 g/mol. The van der Waals surface area contributed by atoms with E-state index in [1.54, 1.807) is 7.11 Å². The maximum absolute atomic E-state index is 5.40. The van der Waals surface area contributed by atoms with Crippen molar-refractivity contribution in [2.75, 3.05) is 41.9 Å². The van der Waals surface area contributed by atoms with Crippen LogP contribution in [0.2, 0.25) is 0 Å². The zero-order chi connectivity index (χ0) is 11.0. The van der Waals surface area contributed by atoms with Crippen LogP contribution in [0.15, 0.2) is 18.2 Å². The van der Waals surface area contributed by atoms with Gasteiger partial charge in [0.05, 0.1) is 18.8 Å². The third-order valence-electron chi connectivity index (χ3n) is 3.28. The van der Waals surface area contributed by atoms with Gasteiger partial charge in [-0.15, -0.1) is 0 Å². The van der Waals surface area contributed by atoms with Crippen molar-refractivity contribution in [3.8, 4) is 5.75 Å². The van der Waals surface area contributed by atoms with Gasteiger partial charge in [0.2, 0.25) is 0 Å². The smallest absolute Gasteiger partial charge is 0.144 e. The summed E-state index contributed by atoms with van der Waals surface area (Å²) in [6, 6.07) is 6.92. The van der Waals surface area contributed by atoms with Crippen LogP contribution in [0.25, 0.3) is 0 Å². The van der Waals surface area contributed by atoms with E-state index in [2.05, 4.69) is 34.1 Å². The van der Waals surface area contributed by atoms with E-state index in [0.29, 0.717) is 6.04 Å². The average molecular weight is 236 g/mol. The number of benzene rings is 1. The molecule has 0 amide bonds. The molecule has 86 valence electrons. The number of methoxy groups -OCH3 is 1. The first-order chi connectivity index (χ1) is 7.90. The van der Waals surface area contributed by atoms with Gasteiger partial charge in [0.1, 0.15) is 11.4 Å². The quantitative estimate of drug-likeness (QED) is 0.806. The maximum atomic E-state index is 5.40. The fourth-order valence-corrected chi connectivity index (χ4v) is 3.53. The van der Waals surface area contributed by atoms with Crippen molar-refractivity contribution in [3.05, 3.63) is 18.2 Å². The van der Waals surface area contributed by atoms with Gasteiger partial charge in [0.15, 0.2) is 0 Å². The summed E-state index contributed by atoms with van der Waals surface area (Å²) in [7, 11) is 1.73. The summed E-state index contributed by atoms with van der Waals surface area (Å²) in [6.45, 7) is 2.18. The maximum Gasteiger partial charge on any atom is 0.144 e. The summed E-state index contributed by atoms with van der Waals surface area (Å²) in [4.78, 5) is 2.52. The molecule has 3 rings (SSSR count). The Balaban J connectivity index is 2.01. The zero-order valence-corrected chi connectivity index (χ0v) is 10.2. The molecule has 1 aromatic rings. The van der Waals surface area contributed by atoms with Crippen molar-refractivity contribution in [2.45, 2.75) is 6.04 Å². The van der Waals surface area contributed by atoms with Crippen molar-refractivity contribution in [2.24, 2.45) is 0 Å². The standard InChI is InChI=1S/C12H16N2OS/c1-15-11-4-2-3-10-12(11)13-7-9-8-16-6-5-14(9)10/h2-4,9,13H,5-8H2,1H3. The Morgan fingerprint density at radius 3 is 3.31 bits per heavy atom. The molecule has 3 nitrogen and oxygen atoms in total. The Labute approximate surface area is 100 Å². The number of rotatable bonds is 1. The number of hydrogen-bond acceptors (Lipinski definition) is 4. The lowest BCUT2D eigenvalue weighted by Crippen LogP contribution is -2.49. The summed E-state index contributed by atoms with van der Waals surface area (Å²) in [6.07, 6.45) is 0. The molecule has 0 spiro atoms. The molecule has 2 heterocycles. The molecule has 4 heteroatoms. The molecule has 1 aromatic carbocycles. The molecular formula is C12H16N2OS. The van der Waals surface area contributed by atoms with E-state index in [9.17, 15) is 0 Å². The van der Waals surface area contributed by atoms with Crippen molar-refractivity contribution in [1.29, 1.82) is 0 Å². The highest BCUT2D eigenvalue weighted by Gasteiger charge is 2.29. The second kappa shape index (κ2) is 4.09. The highest BCUT2D eigenvalue weighted by atomic mass is 32.2. The Morgan fingerprint density at radius 1 is 1.50 bits per heavy atom. The molecule has 0 bridgehead atoms. The Morgan fingerprint density at radius 2 is 2.44 bits per heavy atom. The van der Waals surface area contributed by atoms with Gasteiger partial charge in [0.25, 0.3) is 0 Å². The lowest BCUT2D eigenvalue weighted by atomic mass is 10.1. The number of fused-ring (bicyclic) bond motifs is 3. The third kappa shape index (κ3) is 1.52. The number of thioether (sulfide) groups is 1. The largest absolute Gasteiger partial charge is 0.495 e. The molecule has 2 aliphatic heterocycles. The van der Waals surface area contributed by atoms with Crippen LogP contribution < -0.4 is 15.0 Å². The van der Waals surface area contributed by atoms with E-state index < -0.39 is 0 Å². The van der Waals surface area contributed by atoms with Gasteiger partial charge < -0.3 is 15.0 Å². The van der Waals surface area contributed by atoms with Gasteiger partial charge in [-0.25, -0.2) is 0 Å². The topological polar surface area (TPSA) is 24.5 Å².